The first-order valence-corrected chi connectivity index (χ1v) is 3.42. The van der Waals surface area contributed by atoms with Gasteiger partial charge in [-0.15, -0.1) is 84.9 Å². The summed E-state index contributed by atoms with van der Waals surface area (Å²) in [5.41, 5.74) is 0. The van der Waals surface area contributed by atoms with Gasteiger partial charge in [0.05, 0.1) is 0 Å². The van der Waals surface area contributed by atoms with Crippen LogP contribution in [0.1, 0.15) is 0 Å². The van der Waals surface area contributed by atoms with Crippen LogP contribution >= 0.6 is 113 Å². The van der Waals surface area contributed by atoms with E-state index in [1.165, 1.54) is 0 Å². The van der Waals surface area contributed by atoms with Crippen molar-refractivity contribution in [2.75, 3.05) is 0 Å². The van der Waals surface area contributed by atoms with Crippen LogP contribution in [0.15, 0.2) is 33.6 Å². The van der Waals surface area contributed by atoms with Crippen LogP contribution in [0.2, 0.25) is 0 Å². The second kappa shape index (κ2) is 16.7. The van der Waals surface area contributed by atoms with Gasteiger partial charge >= 0.3 is 0 Å². The molecule has 0 nitrogen and oxygen atoms in total. The first kappa shape index (κ1) is 29.5. The fourth-order valence-corrected chi connectivity index (χ4v) is 0.835. The largest absolute Gasteiger partial charge is 0.114 e. The summed E-state index contributed by atoms with van der Waals surface area (Å²) >= 11 is 8.15. The molecule has 0 bridgehead atoms. The molecule has 13 heavy (non-hydrogen) atoms. The molecule has 0 aromatic heterocycles. The Kier molecular flexibility index (Phi) is 38.0. The lowest BCUT2D eigenvalue weighted by Crippen LogP contribution is -1.62. The zero-order valence-electron chi connectivity index (χ0n) is 6.14. The quantitative estimate of drug-likeness (QED) is 0.352. The molecule has 0 aliphatic rings. The number of halogens is 6. The van der Waals surface area contributed by atoms with E-state index in [1.54, 1.807) is 0 Å². The monoisotopic (exact) mass is 587 g/mol. The summed E-state index contributed by atoms with van der Waals surface area (Å²) in [5.74, 6) is 0. The van der Waals surface area contributed by atoms with Gasteiger partial charge in [0, 0.05) is 9.37 Å². The van der Waals surface area contributed by atoms with Gasteiger partial charge in [0.2, 0.25) is 0 Å². The van der Waals surface area contributed by atoms with Crippen LogP contribution in [0.25, 0.3) is 0 Å². The third-order valence-electron chi connectivity index (χ3n) is 0.814. The highest BCUT2D eigenvalue weighted by Crippen LogP contribution is 2.11. The van der Waals surface area contributed by atoms with E-state index in [0.29, 0.717) is 0 Å². The summed E-state index contributed by atoms with van der Waals surface area (Å²) in [5, 5.41) is 0. The Morgan fingerprint density at radius 2 is 1.08 bits per heavy atom. The number of rotatable bonds is 0. The summed E-state index contributed by atoms with van der Waals surface area (Å²) in [4.78, 5) is 0.883. The maximum absolute atomic E-state index is 4.85. The zero-order chi connectivity index (χ0) is 5.98. The van der Waals surface area contributed by atoms with Crippen molar-refractivity contribution in [3.63, 3.8) is 0 Å². The number of benzene rings is 1. The minimum atomic E-state index is 0. The number of hydrogen-bond acceptors (Lipinski definition) is 0. The zero-order valence-corrected chi connectivity index (χ0v) is 17.1. The van der Waals surface area contributed by atoms with Gasteiger partial charge in [0.25, 0.3) is 0 Å². The van der Waals surface area contributed by atoms with Crippen molar-refractivity contribution in [3.05, 3.63) is 28.7 Å². The number of hydrogen-bond donors (Lipinski definition) is 0. The lowest BCUT2D eigenvalue weighted by atomic mass is 10.4. The summed E-state index contributed by atoms with van der Waals surface area (Å²) in [6, 6.07) is 7.64. The van der Waals surface area contributed by atoms with Gasteiger partial charge in [-0.2, -0.15) is 0 Å². The van der Waals surface area contributed by atoms with Gasteiger partial charge in [-0.1, -0.05) is 28.6 Å². The predicted octanol–water partition coefficient (Wildman–Crippen LogP) is 5.90. The second-order valence-electron chi connectivity index (χ2n) is 1.45. The van der Waals surface area contributed by atoms with Gasteiger partial charge in [-0.05, 0) is 24.3 Å². The molecule has 0 aliphatic heterocycles. The fourth-order valence-electron chi connectivity index (χ4n) is 0.435. The van der Waals surface area contributed by atoms with Crippen molar-refractivity contribution in [2.24, 2.45) is 0 Å². The highest BCUT2D eigenvalue weighted by atomic mass is 79.9. The van der Waals surface area contributed by atoms with Crippen LogP contribution in [-0.2, 0) is 0 Å². The standard InChI is InChI=1S/C6H4BrS.5BrH/c7-5-1-3-6(8)4-2-5;;;;;/h1-4H;5*1H. The molecule has 0 aliphatic carbocycles. The van der Waals surface area contributed by atoms with E-state index < -0.39 is 0 Å². The first-order valence-electron chi connectivity index (χ1n) is 2.21. The van der Waals surface area contributed by atoms with Crippen LogP contribution < -0.4 is 0 Å². The van der Waals surface area contributed by atoms with Crippen LogP contribution in [-0.4, -0.2) is 0 Å². The van der Waals surface area contributed by atoms with Crippen molar-refractivity contribution in [1.82, 2.24) is 0 Å². The summed E-state index contributed by atoms with van der Waals surface area (Å²) in [6.45, 7) is 0. The molecule has 0 saturated heterocycles. The molecule has 1 radical (unpaired) electrons. The summed E-state index contributed by atoms with van der Waals surface area (Å²) in [7, 11) is 0. The van der Waals surface area contributed by atoms with Crippen LogP contribution in [0.5, 0.6) is 0 Å². The van der Waals surface area contributed by atoms with Gasteiger partial charge in [0.15, 0.2) is 0 Å². The third-order valence-corrected chi connectivity index (χ3v) is 1.61. The topological polar surface area (TPSA) is 0 Å². The first-order chi connectivity index (χ1) is 3.79. The van der Waals surface area contributed by atoms with E-state index in [2.05, 4.69) is 15.9 Å². The van der Waals surface area contributed by atoms with Gasteiger partial charge in [0.1, 0.15) is 0 Å². The van der Waals surface area contributed by atoms with Crippen molar-refractivity contribution >= 4 is 113 Å². The Morgan fingerprint density at radius 3 is 1.31 bits per heavy atom. The maximum Gasteiger partial charge on any atom is 0.0377 e. The molecule has 0 atom stereocenters. The van der Waals surface area contributed by atoms with E-state index in [4.69, 9.17) is 12.6 Å². The third kappa shape index (κ3) is 14.3. The van der Waals surface area contributed by atoms with Crippen molar-refractivity contribution < 1.29 is 0 Å². The van der Waals surface area contributed by atoms with Gasteiger partial charge in [-0.25, -0.2) is 0 Å². The molecule has 0 unspecified atom stereocenters. The predicted molar refractivity (Wildman–Crippen MR) is 91.6 cm³/mol. The Hall–Kier alpha value is 2.32. The molecule has 0 amide bonds. The highest BCUT2D eigenvalue weighted by molar-refractivity contribution is 9.10. The normalized spacial score (nSPS) is 5.62. The lowest BCUT2D eigenvalue weighted by Gasteiger charge is -1.86. The Bertz CT molecular complexity index is 156. The molecule has 0 N–H and O–H groups in total. The molecule has 1 rings (SSSR count). The van der Waals surface area contributed by atoms with Gasteiger partial charge < -0.3 is 0 Å². The summed E-state index contributed by atoms with van der Waals surface area (Å²) in [6.07, 6.45) is 0. The molecular weight excluding hydrogens is 584 g/mol. The molecule has 1 aromatic carbocycles. The molecule has 0 heterocycles. The van der Waals surface area contributed by atoms with E-state index in [9.17, 15) is 0 Å². The fraction of sp³-hybridized carbons (Fsp3) is 0. The smallest absolute Gasteiger partial charge is 0.0377 e. The molecule has 7 heteroatoms. The van der Waals surface area contributed by atoms with Gasteiger partial charge in [-0.3, -0.25) is 0 Å². The second-order valence-corrected chi connectivity index (χ2v) is 2.84. The van der Waals surface area contributed by atoms with Crippen LogP contribution in [0, 0.1) is 0 Å². The Morgan fingerprint density at radius 1 is 0.769 bits per heavy atom. The van der Waals surface area contributed by atoms with Crippen molar-refractivity contribution in [2.45, 2.75) is 4.90 Å². The Labute approximate surface area is 145 Å². The van der Waals surface area contributed by atoms with E-state index >= 15 is 0 Å². The van der Waals surface area contributed by atoms with Crippen LogP contribution in [0.3, 0.4) is 0 Å². The molecular formula is C6H9Br6S. The summed E-state index contributed by atoms with van der Waals surface area (Å²) < 4.78 is 1.08. The Balaban J connectivity index is -0.0000000427. The van der Waals surface area contributed by atoms with E-state index in [0.717, 1.165) is 9.37 Å². The molecule has 81 valence electrons. The average Bonchev–Trinajstić information content (AvgIpc) is 1.77. The van der Waals surface area contributed by atoms with E-state index in [-0.39, 0.29) is 84.9 Å². The van der Waals surface area contributed by atoms with Crippen LogP contribution in [0.4, 0.5) is 0 Å². The molecule has 0 fully saturated rings. The highest BCUT2D eigenvalue weighted by Gasteiger charge is 1.83. The molecule has 0 spiro atoms. The molecule has 1 aromatic rings. The lowest BCUT2D eigenvalue weighted by molar-refractivity contribution is 1.46. The van der Waals surface area contributed by atoms with E-state index in [1.807, 2.05) is 24.3 Å². The SMILES string of the molecule is Br.Br.Br.Br.Br.[S]c1ccc(Br)cc1. The minimum Gasteiger partial charge on any atom is -0.114 e. The van der Waals surface area contributed by atoms with Crippen molar-refractivity contribution in [1.29, 1.82) is 0 Å². The average molecular weight is 593 g/mol. The van der Waals surface area contributed by atoms with Crippen molar-refractivity contribution in [3.8, 4) is 0 Å². The molecule has 0 saturated carbocycles. The minimum absolute atomic E-state index is 0. The maximum atomic E-state index is 4.85.